The lowest BCUT2D eigenvalue weighted by Gasteiger charge is -1.98. The molecule has 1 aromatic carbocycles. The summed E-state index contributed by atoms with van der Waals surface area (Å²) in [4.78, 5) is 11.9. The second kappa shape index (κ2) is 3.90. The fourth-order valence-electron chi connectivity index (χ4n) is 1.86. The van der Waals surface area contributed by atoms with Crippen LogP contribution in [0.5, 0.6) is 0 Å². The van der Waals surface area contributed by atoms with E-state index in [0.717, 1.165) is 22.9 Å². The minimum absolute atomic E-state index is 0.0524. The lowest BCUT2D eigenvalue weighted by atomic mass is 10.1. The molecule has 0 radical (unpaired) electrons. The summed E-state index contributed by atoms with van der Waals surface area (Å²) in [5.41, 5.74) is 7.50. The Morgan fingerprint density at radius 1 is 1.47 bits per heavy atom. The summed E-state index contributed by atoms with van der Waals surface area (Å²) in [5, 5.41) is 3.86. The zero-order valence-corrected chi connectivity index (χ0v) is 8.79. The quantitative estimate of drug-likeness (QED) is 0.780. The second-order valence-corrected chi connectivity index (χ2v) is 3.54. The van der Waals surface area contributed by atoms with Crippen LogP contribution in [-0.2, 0) is 13.0 Å². The van der Waals surface area contributed by atoms with Crippen molar-refractivity contribution >= 4 is 10.9 Å². The van der Waals surface area contributed by atoms with E-state index in [-0.39, 0.29) is 5.56 Å². The molecule has 0 amide bonds. The molecule has 2 rings (SSSR count). The number of nitrogens with one attached hydrogen (secondary N) is 1. The molecule has 0 spiro atoms. The first-order chi connectivity index (χ1) is 7.27. The number of fused-ring (bicyclic) bond motifs is 1. The van der Waals surface area contributed by atoms with Crippen molar-refractivity contribution in [1.29, 1.82) is 0 Å². The molecular weight excluding hydrogens is 190 g/mol. The molecule has 0 saturated carbocycles. The molecule has 0 aliphatic carbocycles. The third-order valence-corrected chi connectivity index (χ3v) is 2.60. The molecule has 2 aromatic rings. The molecule has 15 heavy (non-hydrogen) atoms. The van der Waals surface area contributed by atoms with Crippen LogP contribution in [0.1, 0.15) is 12.5 Å². The number of aromatic amines is 1. The van der Waals surface area contributed by atoms with Crippen LogP contribution in [0.4, 0.5) is 0 Å². The summed E-state index contributed by atoms with van der Waals surface area (Å²) >= 11 is 0. The van der Waals surface area contributed by atoms with Gasteiger partial charge in [-0.1, -0.05) is 12.1 Å². The number of nitrogens with zero attached hydrogens (tertiary/aromatic N) is 1. The Morgan fingerprint density at radius 3 is 2.93 bits per heavy atom. The molecule has 0 atom stereocenters. The molecular formula is C11H15N3O. The van der Waals surface area contributed by atoms with Gasteiger partial charge in [0.1, 0.15) is 0 Å². The van der Waals surface area contributed by atoms with E-state index >= 15 is 0 Å². The Balaban J connectivity index is 2.72. The van der Waals surface area contributed by atoms with Gasteiger partial charge >= 0.3 is 0 Å². The van der Waals surface area contributed by atoms with Crippen molar-refractivity contribution < 1.29 is 0 Å². The Hall–Kier alpha value is -1.55. The first kappa shape index (κ1) is 9.98. The van der Waals surface area contributed by atoms with Crippen molar-refractivity contribution in [3.63, 3.8) is 0 Å². The van der Waals surface area contributed by atoms with Crippen molar-refractivity contribution in [2.75, 3.05) is 6.54 Å². The first-order valence-corrected chi connectivity index (χ1v) is 5.18. The molecule has 0 bridgehead atoms. The molecule has 4 heteroatoms. The molecule has 0 aliphatic rings. The van der Waals surface area contributed by atoms with Gasteiger partial charge in [-0.3, -0.25) is 14.6 Å². The van der Waals surface area contributed by atoms with Crippen molar-refractivity contribution in [1.82, 2.24) is 9.78 Å². The van der Waals surface area contributed by atoms with Crippen LogP contribution in [0.25, 0.3) is 10.9 Å². The zero-order chi connectivity index (χ0) is 10.8. The van der Waals surface area contributed by atoms with Crippen LogP contribution >= 0.6 is 0 Å². The minimum atomic E-state index is 0.0524. The Kier molecular flexibility index (Phi) is 2.60. The summed E-state index contributed by atoms with van der Waals surface area (Å²) < 4.78 is 1.62. The number of rotatable bonds is 3. The molecule has 0 saturated heterocycles. The van der Waals surface area contributed by atoms with Gasteiger partial charge < -0.3 is 5.73 Å². The average Bonchev–Trinajstić information content (AvgIpc) is 2.57. The number of benzene rings is 1. The monoisotopic (exact) mass is 205 g/mol. The van der Waals surface area contributed by atoms with Gasteiger partial charge in [-0.15, -0.1) is 0 Å². The highest BCUT2D eigenvalue weighted by atomic mass is 16.1. The van der Waals surface area contributed by atoms with E-state index in [1.165, 1.54) is 0 Å². The molecule has 1 aromatic heterocycles. The largest absolute Gasteiger partial charge is 0.330 e. The van der Waals surface area contributed by atoms with Gasteiger partial charge in [0.05, 0.1) is 10.9 Å². The zero-order valence-electron chi connectivity index (χ0n) is 8.79. The SMILES string of the molecule is CCn1[nH]c2cccc(CCN)c2c1=O. The molecule has 1 heterocycles. The maximum atomic E-state index is 11.9. The van der Waals surface area contributed by atoms with Crippen LogP contribution in [-0.4, -0.2) is 16.3 Å². The Labute approximate surface area is 87.7 Å². The van der Waals surface area contributed by atoms with E-state index in [4.69, 9.17) is 5.73 Å². The Morgan fingerprint density at radius 2 is 2.27 bits per heavy atom. The van der Waals surface area contributed by atoms with Crippen molar-refractivity contribution in [2.45, 2.75) is 19.9 Å². The molecule has 4 nitrogen and oxygen atoms in total. The molecule has 3 N–H and O–H groups in total. The van der Waals surface area contributed by atoms with Gasteiger partial charge in [-0.2, -0.15) is 0 Å². The van der Waals surface area contributed by atoms with Gasteiger partial charge in [0.2, 0.25) is 0 Å². The fourth-order valence-corrected chi connectivity index (χ4v) is 1.86. The summed E-state index contributed by atoms with van der Waals surface area (Å²) in [7, 11) is 0. The summed E-state index contributed by atoms with van der Waals surface area (Å²) in [6.45, 7) is 3.17. The van der Waals surface area contributed by atoms with Crippen LogP contribution < -0.4 is 11.3 Å². The van der Waals surface area contributed by atoms with Crippen LogP contribution in [0.15, 0.2) is 23.0 Å². The van der Waals surface area contributed by atoms with E-state index < -0.39 is 0 Å². The molecule has 80 valence electrons. The predicted molar refractivity (Wildman–Crippen MR) is 61.0 cm³/mol. The standard InChI is InChI=1S/C11H15N3O/c1-2-14-11(15)10-8(6-7-12)4-3-5-9(10)13-14/h3-5,13H,2,6-7,12H2,1H3. The second-order valence-electron chi connectivity index (χ2n) is 3.54. The third kappa shape index (κ3) is 1.57. The number of nitrogens with two attached hydrogens (primary N) is 1. The highest BCUT2D eigenvalue weighted by Gasteiger charge is 2.08. The highest BCUT2D eigenvalue weighted by molar-refractivity contribution is 5.81. The highest BCUT2D eigenvalue weighted by Crippen LogP contribution is 2.13. The maximum Gasteiger partial charge on any atom is 0.274 e. The van der Waals surface area contributed by atoms with Gasteiger partial charge in [0.15, 0.2) is 0 Å². The molecule has 0 unspecified atom stereocenters. The number of hydrogen-bond acceptors (Lipinski definition) is 2. The topological polar surface area (TPSA) is 63.8 Å². The molecule has 0 aliphatic heterocycles. The van der Waals surface area contributed by atoms with E-state index in [0.29, 0.717) is 13.1 Å². The first-order valence-electron chi connectivity index (χ1n) is 5.18. The van der Waals surface area contributed by atoms with Gasteiger partial charge in [0.25, 0.3) is 5.56 Å². The van der Waals surface area contributed by atoms with Crippen LogP contribution in [0.3, 0.4) is 0 Å². The lowest BCUT2D eigenvalue weighted by Crippen LogP contribution is -2.16. The van der Waals surface area contributed by atoms with E-state index in [2.05, 4.69) is 5.10 Å². The Bertz CT molecular complexity index is 524. The van der Waals surface area contributed by atoms with E-state index in [1.54, 1.807) is 4.68 Å². The van der Waals surface area contributed by atoms with Crippen LogP contribution in [0.2, 0.25) is 0 Å². The summed E-state index contributed by atoms with van der Waals surface area (Å²) in [6, 6.07) is 5.83. The normalized spacial score (nSPS) is 11.1. The van der Waals surface area contributed by atoms with E-state index in [1.807, 2.05) is 25.1 Å². The van der Waals surface area contributed by atoms with Crippen molar-refractivity contribution in [3.05, 3.63) is 34.1 Å². The number of aromatic nitrogens is 2. The average molecular weight is 205 g/mol. The van der Waals surface area contributed by atoms with Crippen molar-refractivity contribution in [3.8, 4) is 0 Å². The summed E-state index contributed by atoms with van der Waals surface area (Å²) in [5.74, 6) is 0. The number of aryl methyl sites for hydroxylation is 1. The molecule has 0 fully saturated rings. The number of hydrogen-bond donors (Lipinski definition) is 2. The van der Waals surface area contributed by atoms with E-state index in [9.17, 15) is 4.79 Å². The summed E-state index contributed by atoms with van der Waals surface area (Å²) in [6.07, 6.45) is 0.744. The third-order valence-electron chi connectivity index (χ3n) is 2.60. The minimum Gasteiger partial charge on any atom is -0.330 e. The van der Waals surface area contributed by atoms with Crippen molar-refractivity contribution in [2.24, 2.45) is 5.73 Å². The lowest BCUT2D eigenvalue weighted by molar-refractivity contribution is 0.646. The smallest absolute Gasteiger partial charge is 0.274 e. The van der Waals surface area contributed by atoms with Gasteiger partial charge in [-0.25, -0.2) is 0 Å². The fraction of sp³-hybridized carbons (Fsp3) is 0.364. The maximum absolute atomic E-state index is 11.9. The van der Waals surface area contributed by atoms with Gasteiger partial charge in [-0.05, 0) is 31.5 Å². The number of H-pyrrole nitrogens is 1. The van der Waals surface area contributed by atoms with Crippen LogP contribution in [0, 0.1) is 0 Å². The van der Waals surface area contributed by atoms with Gasteiger partial charge in [0, 0.05) is 6.54 Å². The predicted octanol–water partition coefficient (Wildman–Crippen LogP) is 0.851.